The van der Waals surface area contributed by atoms with Crippen LogP contribution in [0.4, 0.5) is 11.4 Å². The maximum atomic E-state index is 11.6. The molecule has 1 aliphatic rings. The number of nitrogens with two attached hydrogens (primary N) is 1. The van der Waals surface area contributed by atoms with E-state index in [4.69, 9.17) is 10.5 Å². The Kier molecular flexibility index (Phi) is 4.27. The van der Waals surface area contributed by atoms with E-state index in [0.717, 1.165) is 31.9 Å². The molecule has 0 atom stereocenters. The number of nitrogen functional groups attached to an aromatic ring is 1. The maximum Gasteiger partial charge on any atom is 0.338 e. The van der Waals surface area contributed by atoms with E-state index in [2.05, 4.69) is 16.8 Å². The second-order valence-electron chi connectivity index (χ2n) is 4.78. The summed E-state index contributed by atoms with van der Waals surface area (Å²) in [6.07, 6.45) is 0. The molecule has 1 saturated heterocycles. The molecule has 1 heterocycles. The third kappa shape index (κ3) is 3.17. The zero-order chi connectivity index (χ0) is 13.8. The number of hydrogen-bond donors (Lipinski definition) is 1. The van der Waals surface area contributed by atoms with Crippen LogP contribution in [0.3, 0.4) is 0 Å². The molecule has 2 N–H and O–H groups in total. The topological polar surface area (TPSA) is 58.8 Å². The zero-order valence-corrected chi connectivity index (χ0v) is 11.6. The number of esters is 1. The molecule has 5 heteroatoms. The minimum atomic E-state index is -0.320. The molecule has 104 valence electrons. The van der Waals surface area contributed by atoms with Crippen molar-refractivity contribution in [3.63, 3.8) is 0 Å². The van der Waals surface area contributed by atoms with E-state index in [1.54, 1.807) is 19.1 Å². The van der Waals surface area contributed by atoms with Crippen molar-refractivity contribution in [2.24, 2.45) is 0 Å². The summed E-state index contributed by atoms with van der Waals surface area (Å²) >= 11 is 0. The lowest BCUT2D eigenvalue weighted by atomic mass is 10.1. The fourth-order valence-corrected chi connectivity index (χ4v) is 2.23. The summed E-state index contributed by atoms with van der Waals surface area (Å²) in [7, 11) is 2.12. The Morgan fingerprint density at radius 3 is 2.58 bits per heavy atom. The van der Waals surface area contributed by atoms with Gasteiger partial charge < -0.3 is 20.3 Å². The van der Waals surface area contributed by atoms with Crippen LogP contribution in [0.15, 0.2) is 18.2 Å². The highest BCUT2D eigenvalue weighted by Gasteiger charge is 2.17. The second-order valence-corrected chi connectivity index (χ2v) is 4.78. The van der Waals surface area contributed by atoms with Crippen molar-refractivity contribution in [1.29, 1.82) is 0 Å². The fraction of sp³-hybridized carbons (Fsp3) is 0.500. The second kappa shape index (κ2) is 5.93. The van der Waals surface area contributed by atoms with Crippen molar-refractivity contribution < 1.29 is 9.53 Å². The van der Waals surface area contributed by atoms with Crippen LogP contribution in [0.1, 0.15) is 17.3 Å². The van der Waals surface area contributed by atoms with Crippen LogP contribution >= 0.6 is 0 Å². The van der Waals surface area contributed by atoms with Crippen LogP contribution in [0, 0.1) is 0 Å². The predicted octanol–water partition coefficient (Wildman–Crippen LogP) is 1.20. The summed E-state index contributed by atoms with van der Waals surface area (Å²) in [5.41, 5.74) is 8.20. The molecule has 1 fully saturated rings. The first-order valence-electron chi connectivity index (χ1n) is 6.62. The average molecular weight is 263 g/mol. The Morgan fingerprint density at radius 1 is 1.32 bits per heavy atom. The minimum absolute atomic E-state index is 0.320. The van der Waals surface area contributed by atoms with Gasteiger partial charge in [0, 0.05) is 26.2 Å². The van der Waals surface area contributed by atoms with Gasteiger partial charge in [0.15, 0.2) is 0 Å². The normalized spacial score (nSPS) is 16.4. The van der Waals surface area contributed by atoms with E-state index in [1.165, 1.54) is 0 Å². The number of benzene rings is 1. The number of hydrogen-bond acceptors (Lipinski definition) is 5. The van der Waals surface area contributed by atoms with E-state index in [1.807, 2.05) is 6.07 Å². The van der Waals surface area contributed by atoms with Gasteiger partial charge in [-0.2, -0.15) is 0 Å². The fourth-order valence-electron chi connectivity index (χ4n) is 2.23. The Labute approximate surface area is 113 Å². The molecular formula is C14H21N3O2. The van der Waals surface area contributed by atoms with Gasteiger partial charge in [-0.15, -0.1) is 0 Å². The molecule has 0 aromatic heterocycles. The standard InChI is InChI=1S/C14H21N3O2/c1-3-19-14(18)11-4-5-13(12(15)10-11)17-8-6-16(2)7-9-17/h4-5,10H,3,6-9,15H2,1-2H3. The van der Waals surface area contributed by atoms with Gasteiger partial charge in [-0.1, -0.05) is 0 Å². The van der Waals surface area contributed by atoms with Crippen LogP contribution in [0.25, 0.3) is 0 Å². The zero-order valence-electron chi connectivity index (χ0n) is 11.6. The van der Waals surface area contributed by atoms with Gasteiger partial charge >= 0.3 is 5.97 Å². The third-order valence-electron chi connectivity index (χ3n) is 3.38. The predicted molar refractivity (Wildman–Crippen MR) is 76.5 cm³/mol. The Balaban J connectivity index is 2.13. The summed E-state index contributed by atoms with van der Waals surface area (Å²) < 4.78 is 4.97. The van der Waals surface area contributed by atoms with E-state index in [-0.39, 0.29) is 5.97 Å². The molecule has 0 amide bonds. The van der Waals surface area contributed by atoms with Crippen molar-refractivity contribution in [2.75, 3.05) is 50.5 Å². The van der Waals surface area contributed by atoms with Crippen molar-refractivity contribution in [3.8, 4) is 0 Å². The van der Waals surface area contributed by atoms with Crippen LogP contribution in [0.5, 0.6) is 0 Å². The molecule has 1 aliphatic heterocycles. The highest BCUT2D eigenvalue weighted by atomic mass is 16.5. The van der Waals surface area contributed by atoms with Crippen molar-refractivity contribution >= 4 is 17.3 Å². The van der Waals surface area contributed by atoms with Gasteiger partial charge in [-0.25, -0.2) is 4.79 Å². The van der Waals surface area contributed by atoms with Crippen LogP contribution in [0.2, 0.25) is 0 Å². The molecule has 1 aromatic carbocycles. The van der Waals surface area contributed by atoms with Gasteiger partial charge in [0.1, 0.15) is 0 Å². The lowest BCUT2D eigenvalue weighted by Gasteiger charge is -2.34. The average Bonchev–Trinajstić information content (AvgIpc) is 2.40. The van der Waals surface area contributed by atoms with Gasteiger partial charge in [-0.3, -0.25) is 0 Å². The first kappa shape index (κ1) is 13.7. The quantitative estimate of drug-likeness (QED) is 0.656. The number of nitrogens with zero attached hydrogens (tertiary/aromatic N) is 2. The Morgan fingerprint density at radius 2 is 2.00 bits per heavy atom. The van der Waals surface area contributed by atoms with Crippen LogP contribution < -0.4 is 10.6 Å². The molecule has 2 rings (SSSR count). The maximum absolute atomic E-state index is 11.6. The molecule has 19 heavy (non-hydrogen) atoms. The largest absolute Gasteiger partial charge is 0.462 e. The molecule has 0 bridgehead atoms. The molecule has 1 aromatic rings. The smallest absolute Gasteiger partial charge is 0.338 e. The lowest BCUT2D eigenvalue weighted by molar-refractivity contribution is 0.0526. The number of ether oxygens (including phenoxy) is 1. The summed E-state index contributed by atoms with van der Waals surface area (Å²) in [6, 6.07) is 5.39. The van der Waals surface area contributed by atoms with Crippen LogP contribution in [-0.2, 0) is 4.74 Å². The van der Waals surface area contributed by atoms with E-state index in [0.29, 0.717) is 17.9 Å². The molecule has 0 unspecified atom stereocenters. The molecule has 0 aliphatic carbocycles. The van der Waals surface area contributed by atoms with E-state index in [9.17, 15) is 4.79 Å². The van der Waals surface area contributed by atoms with E-state index < -0.39 is 0 Å². The number of carbonyl (C=O) groups is 1. The number of carbonyl (C=O) groups excluding carboxylic acids is 1. The first-order valence-corrected chi connectivity index (χ1v) is 6.62. The van der Waals surface area contributed by atoms with Gasteiger partial charge in [0.25, 0.3) is 0 Å². The highest BCUT2D eigenvalue weighted by molar-refractivity contribution is 5.92. The number of piperazine rings is 1. The number of anilines is 2. The van der Waals surface area contributed by atoms with Crippen molar-refractivity contribution in [1.82, 2.24) is 4.90 Å². The van der Waals surface area contributed by atoms with Gasteiger partial charge in [0.2, 0.25) is 0 Å². The number of likely N-dealkylation sites (N-methyl/N-ethyl adjacent to an activating group) is 1. The number of rotatable bonds is 3. The summed E-state index contributed by atoms with van der Waals surface area (Å²) in [5.74, 6) is -0.320. The Hall–Kier alpha value is -1.75. The highest BCUT2D eigenvalue weighted by Crippen LogP contribution is 2.25. The molecular weight excluding hydrogens is 242 g/mol. The molecule has 0 radical (unpaired) electrons. The van der Waals surface area contributed by atoms with Crippen molar-refractivity contribution in [2.45, 2.75) is 6.92 Å². The SMILES string of the molecule is CCOC(=O)c1ccc(N2CCN(C)CC2)c(N)c1. The summed E-state index contributed by atoms with van der Waals surface area (Å²) in [5, 5.41) is 0. The molecule has 0 spiro atoms. The van der Waals surface area contributed by atoms with E-state index >= 15 is 0 Å². The minimum Gasteiger partial charge on any atom is -0.462 e. The molecule has 5 nitrogen and oxygen atoms in total. The molecule has 0 saturated carbocycles. The summed E-state index contributed by atoms with van der Waals surface area (Å²) in [6.45, 7) is 6.13. The third-order valence-corrected chi connectivity index (χ3v) is 3.38. The lowest BCUT2D eigenvalue weighted by Crippen LogP contribution is -2.44. The first-order chi connectivity index (χ1) is 9.11. The van der Waals surface area contributed by atoms with Crippen molar-refractivity contribution in [3.05, 3.63) is 23.8 Å². The van der Waals surface area contributed by atoms with Gasteiger partial charge in [0.05, 0.1) is 23.5 Å². The van der Waals surface area contributed by atoms with Gasteiger partial charge in [-0.05, 0) is 32.2 Å². The monoisotopic (exact) mass is 263 g/mol. The van der Waals surface area contributed by atoms with Crippen LogP contribution in [-0.4, -0.2) is 50.7 Å². The Bertz CT molecular complexity index is 454. The summed E-state index contributed by atoms with van der Waals surface area (Å²) in [4.78, 5) is 16.2.